The smallest absolute Gasteiger partial charge is 0.254 e. The highest BCUT2D eigenvalue weighted by atomic mass is 16.5. The highest BCUT2D eigenvalue weighted by Crippen LogP contribution is 2.22. The highest BCUT2D eigenvalue weighted by molar-refractivity contribution is 5.95. The zero-order valence-corrected chi connectivity index (χ0v) is 13.9. The third-order valence-corrected chi connectivity index (χ3v) is 4.46. The van der Waals surface area contributed by atoms with Crippen LogP contribution in [-0.2, 0) is 6.61 Å². The summed E-state index contributed by atoms with van der Waals surface area (Å²) in [5.74, 6) is 0.498. The van der Waals surface area contributed by atoms with Crippen LogP contribution in [-0.4, -0.2) is 35.1 Å². The number of benzene rings is 2. The van der Waals surface area contributed by atoms with E-state index in [1.165, 1.54) is 0 Å². The molecule has 3 rings (SSSR count). The predicted molar refractivity (Wildman–Crippen MR) is 93.1 cm³/mol. The maximum absolute atomic E-state index is 12.7. The van der Waals surface area contributed by atoms with Gasteiger partial charge in [-0.1, -0.05) is 24.3 Å². The van der Waals surface area contributed by atoms with Crippen molar-refractivity contribution in [1.29, 1.82) is 5.26 Å². The molecule has 1 fully saturated rings. The van der Waals surface area contributed by atoms with Crippen molar-refractivity contribution in [2.45, 2.75) is 25.5 Å². The van der Waals surface area contributed by atoms with Crippen LogP contribution in [0.25, 0.3) is 0 Å². The van der Waals surface area contributed by atoms with Crippen molar-refractivity contribution in [3.05, 3.63) is 65.2 Å². The van der Waals surface area contributed by atoms with E-state index in [9.17, 15) is 9.90 Å². The highest BCUT2D eigenvalue weighted by Gasteiger charge is 2.28. The number of likely N-dealkylation sites (tertiary alicyclic amines) is 1. The molecule has 2 aromatic carbocycles. The zero-order chi connectivity index (χ0) is 17.6. The van der Waals surface area contributed by atoms with Gasteiger partial charge in [-0.25, -0.2) is 0 Å². The second-order valence-corrected chi connectivity index (χ2v) is 6.06. The quantitative estimate of drug-likeness (QED) is 0.911. The SMILES string of the molecule is N#Cc1ccccc1COc1cccc(C(=O)N2CCC[C@@H]2CO)c1. The topological polar surface area (TPSA) is 73.6 Å². The Morgan fingerprint density at radius 2 is 2.12 bits per heavy atom. The molecule has 0 aromatic heterocycles. The lowest BCUT2D eigenvalue weighted by molar-refractivity contribution is 0.0677. The molecule has 0 aliphatic carbocycles. The largest absolute Gasteiger partial charge is 0.489 e. The van der Waals surface area contributed by atoms with Gasteiger partial charge in [-0.15, -0.1) is 0 Å². The maximum Gasteiger partial charge on any atom is 0.254 e. The molecule has 5 nitrogen and oxygen atoms in total. The van der Waals surface area contributed by atoms with Crippen LogP contribution in [0, 0.1) is 11.3 Å². The summed E-state index contributed by atoms with van der Waals surface area (Å²) in [5, 5.41) is 18.5. The summed E-state index contributed by atoms with van der Waals surface area (Å²) >= 11 is 0. The fourth-order valence-electron chi connectivity index (χ4n) is 3.09. The van der Waals surface area contributed by atoms with E-state index in [-0.39, 0.29) is 25.2 Å². The molecule has 0 saturated carbocycles. The van der Waals surface area contributed by atoms with Gasteiger partial charge in [0.2, 0.25) is 0 Å². The first-order valence-electron chi connectivity index (χ1n) is 8.35. The summed E-state index contributed by atoms with van der Waals surface area (Å²) in [7, 11) is 0. The molecule has 1 saturated heterocycles. The number of hydrogen-bond acceptors (Lipinski definition) is 4. The standard InChI is InChI=1S/C20H20N2O3/c21-12-16-5-1-2-6-17(16)14-25-19-9-3-7-15(11-19)20(24)22-10-4-8-18(22)13-23/h1-3,5-7,9,11,18,23H,4,8,10,13-14H2/t18-/m1/s1. The Kier molecular flexibility index (Phi) is 5.32. The predicted octanol–water partition coefficient (Wildman–Crippen LogP) is 2.73. The van der Waals surface area contributed by atoms with Gasteiger partial charge in [0.05, 0.1) is 24.3 Å². The van der Waals surface area contributed by atoms with Crippen LogP contribution in [0.15, 0.2) is 48.5 Å². The van der Waals surface area contributed by atoms with Crippen molar-refractivity contribution in [1.82, 2.24) is 4.90 Å². The van der Waals surface area contributed by atoms with Crippen LogP contribution >= 0.6 is 0 Å². The van der Waals surface area contributed by atoms with Crippen molar-refractivity contribution in [2.24, 2.45) is 0 Å². The number of amides is 1. The van der Waals surface area contributed by atoms with Gasteiger partial charge in [0, 0.05) is 17.7 Å². The van der Waals surface area contributed by atoms with E-state index in [4.69, 9.17) is 10.00 Å². The van der Waals surface area contributed by atoms with E-state index in [1.807, 2.05) is 18.2 Å². The minimum atomic E-state index is -0.0976. The minimum absolute atomic E-state index is 0.00707. The molecule has 25 heavy (non-hydrogen) atoms. The number of aliphatic hydroxyl groups excluding tert-OH is 1. The van der Waals surface area contributed by atoms with Gasteiger partial charge in [0.25, 0.3) is 5.91 Å². The fraction of sp³-hybridized carbons (Fsp3) is 0.300. The van der Waals surface area contributed by atoms with Crippen LogP contribution in [0.4, 0.5) is 0 Å². The van der Waals surface area contributed by atoms with Gasteiger partial charge in [-0.3, -0.25) is 4.79 Å². The molecule has 1 aliphatic heterocycles. The molecule has 0 spiro atoms. The first-order chi connectivity index (χ1) is 12.2. The number of carbonyl (C=O) groups is 1. The molecule has 1 heterocycles. The van der Waals surface area contributed by atoms with Crippen LogP contribution < -0.4 is 4.74 Å². The van der Waals surface area contributed by atoms with E-state index in [0.29, 0.717) is 23.4 Å². The number of nitriles is 1. The van der Waals surface area contributed by atoms with Gasteiger partial charge >= 0.3 is 0 Å². The maximum atomic E-state index is 12.7. The van der Waals surface area contributed by atoms with Crippen LogP contribution in [0.1, 0.15) is 34.3 Å². The number of carbonyl (C=O) groups excluding carboxylic acids is 1. The molecular weight excluding hydrogens is 316 g/mol. The molecule has 5 heteroatoms. The molecule has 1 amide bonds. The normalized spacial score (nSPS) is 16.5. The van der Waals surface area contributed by atoms with Crippen molar-refractivity contribution >= 4 is 5.91 Å². The van der Waals surface area contributed by atoms with Gasteiger partial charge in [0.1, 0.15) is 12.4 Å². The van der Waals surface area contributed by atoms with Crippen LogP contribution in [0.2, 0.25) is 0 Å². The van der Waals surface area contributed by atoms with E-state index >= 15 is 0 Å². The second kappa shape index (κ2) is 7.82. The fourth-order valence-corrected chi connectivity index (χ4v) is 3.09. The van der Waals surface area contributed by atoms with Gasteiger partial charge in [-0.2, -0.15) is 5.26 Å². The molecule has 0 bridgehead atoms. The first kappa shape index (κ1) is 17.0. The summed E-state index contributed by atoms with van der Waals surface area (Å²) in [6.07, 6.45) is 1.75. The number of rotatable bonds is 5. The molecule has 0 unspecified atom stereocenters. The molecule has 0 radical (unpaired) electrons. The van der Waals surface area contributed by atoms with E-state index < -0.39 is 0 Å². The molecule has 2 aromatic rings. The average Bonchev–Trinajstić information content (AvgIpc) is 3.15. The summed E-state index contributed by atoms with van der Waals surface area (Å²) in [6, 6.07) is 16.4. The Hall–Kier alpha value is -2.84. The lowest BCUT2D eigenvalue weighted by Gasteiger charge is -2.23. The summed E-state index contributed by atoms with van der Waals surface area (Å²) < 4.78 is 5.77. The third-order valence-electron chi connectivity index (χ3n) is 4.46. The molecule has 1 N–H and O–H groups in total. The average molecular weight is 336 g/mol. The Bertz CT molecular complexity index is 798. The first-order valence-corrected chi connectivity index (χ1v) is 8.35. The summed E-state index contributed by atoms with van der Waals surface area (Å²) in [6.45, 7) is 0.932. The molecule has 128 valence electrons. The lowest BCUT2D eigenvalue weighted by atomic mass is 10.1. The number of ether oxygens (including phenoxy) is 1. The minimum Gasteiger partial charge on any atom is -0.489 e. The van der Waals surface area contributed by atoms with Crippen molar-refractivity contribution in [3.63, 3.8) is 0 Å². The lowest BCUT2D eigenvalue weighted by Crippen LogP contribution is -2.37. The Morgan fingerprint density at radius 1 is 1.28 bits per heavy atom. The third kappa shape index (κ3) is 3.81. The summed E-state index contributed by atoms with van der Waals surface area (Å²) in [5.41, 5.74) is 1.94. The monoisotopic (exact) mass is 336 g/mol. The van der Waals surface area contributed by atoms with Gasteiger partial charge in [0.15, 0.2) is 0 Å². The Morgan fingerprint density at radius 3 is 2.92 bits per heavy atom. The van der Waals surface area contributed by atoms with E-state index in [0.717, 1.165) is 18.4 Å². The van der Waals surface area contributed by atoms with Crippen molar-refractivity contribution in [3.8, 4) is 11.8 Å². The second-order valence-electron chi connectivity index (χ2n) is 6.06. The number of nitrogens with zero attached hydrogens (tertiary/aromatic N) is 2. The van der Waals surface area contributed by atoms with Gasteiger partial charge < -0.3 is 14.7 Å². The number of hydrogen-bond donors (Lipinski definition) is 1. The molecular formula is C20H20N2O3. The van der Waals surface area contributed by atoms with Crippen LogP contribution in [0.3, 0.4) is 0 Å². The van der Waals surface area contributed by atoms with Gasteiger partial charge in [-0.05, 0) is 37.1 Å². The Labute approximate surface area is 147 Å². The zero-order valence-electron chi connectivity index (χ0n) is 13.9. The Balaban J connectivity index is 1.71. The van der Waals surface area contributed by atoms with E-state index in [1.54, 1.807) is 35.2 Å². The van der Waals surface area contributed by atoms with Crippen LogP contribution in [0.5, 0.6) is 5.75 Å². The van der Waals surface area contributed by atoms with Crippen molar-refractivity contribution < 1.29 is 14.6 Å². The van der Waals surface area contributed by atoms with Crippen molar-refractivity contribution in [2.75, 3.05) is 13.2 Å². The molecule has 1 atom stereocenters. The van der Waals surface area contributed by atoms with E-state index in [2.05, 4.69) is 6.07 Å². The molecule has 1 aliphatic rings. The summed E-state index contributed by atoms with van der Waals surface area (Å²) in [4.78, 5) is 14.4. The number of aliphatic hydroxyl groups is 1.